The molecule has 0 aromatic heterocycles. The van der Waals surface area contributed by atoms with E-state index in [0.717, 1.165) is 25.7 Å². The Kier molecular flexibility index (Phi) is 5.95. The summed E-state index contributed by atoms with van der Waals surface area (Å²) in [6.07, 6.45) is 3.38. The van der Waals surface area contributed by atoms with E-state index in [1.165, 1.54) is 16.5 Å². The second-order valence-electron chi connectivity index (χ2n) is 8.02. The van der Waals surface area contributed by atoms with E-state index in [4.69, 9.17) is 4.74 Å². The van der Waals surface area contributed by atoms with Crippen molar-refractivity contribution in [3.63, 3.8) is 0 Å². The van der Waals surface area contributed by atoms with Gasteiger partial charge in [-0.1, -0.05) is 30.3 Å². The average molecular weight is 406 g/mol. The van der Waals surface area contributed by atoms with E-state index in [-0.39, 0.29) is 36.4 Å². The third-order valence-electron chi connectivity index (χ3n) is 5.73. The minimum atomic E-state index is -0.350. The van der Waals surface area contributed by atoms with Crippen LogP contribution in [0.5, 0.6) is 0 Å². The van der Waals surface area contributed by atoms with E-state index in [9.17, 15) is 14.4 Å². The first-order valence-electron chi connectivity index (χ1n) is 10.5. The van der Waals surface area contributed by atoms with Crippen LogP contribution in [0.15, 0.2) is 48.5 Å². The number of carbonyl (C=O) groups excluding carboxylic acids is 3. The van der Waals surface area contributed by atoms with Gasteiger partial charge in [0.05, 0.1) is 23.8 Å². The summed E-state index contributed by atoms with van der Waals surface area (Å²) in [6, 6.07) is 14.8. The van der Waals surface area contributed by atoms with Gasteiger partial charge < -0.3 is 10.1 Å². The number of nitrogens with zero attached hydrogens (tertiary/aromatic N) is 1. The first kappa shape index (κ1) is 20.3. The van der Waals surface area contributed by atoms with Crippen LogP contribution >= 0.6 is 0 Å². The Bertz CT molecular complexity index is 951. The maximum Gasteiger partial charge on any atom is 0.261 e. The van der Waals surface area contributed by atoms with Gasteiger partial charge in [0.1, 0.15) is 0 Å². The highest BCUT2D eigenvalue weighted by Crippen LogP contribution is 2.26. The van der Waals surface area contributed by atoms with Crippen molar-refractivity contribution in [3.05, 3.63) is 70.8 Å². The highest BCUT2D eigenvalue weighted by Gasteiger charge is 2.38. The van der Waals surface area contributed by atoms with Crippen LogP contribution in [0.25, 0.3) is 0 Å². The van der Waals surface area contributed by atoms with Crippen molar-refractivity contribution in [2.75, 3.05) is 13.2 Å². The molecule has 2 atom stereocenters. The first-order chi connectivity index (χ1) is 14.5. The molecule has 2 aliphatic rings. The van der Waals surface area contributed by atoms with Gasteiger partial charge >= 0.3 is 0 Å². The molecular formula is C24H26N2O4. The van der Waals surface area contributed by atoms with Gasteiger partial charge in [-0.05, 0) is 56.4 Å². The van der Waals surface area contributed by atoms with Gasteiger partial charge in [-0.25, -0.2) is 0 Å². The van der Waals surface area contributed by atoms with Crippen LogP contribution in [-0.2, 0) is 11.2 Å². The molecule has 0 radical (unpaired) electrons. The van der Waals surface area contributed by atoms with Crippen LogP contribution in [0.3, 0.4) is 0 Å². The third-order valence-corrected chi connectivity index (χ3v) is 5.73. The predicted octanol–water partition coefficient (Wildman–Crippen LogP) is 3.21. The summed E-state index contributed by atoms with van der Waals surface area (Å²) >= 11 is 0. The lowest BCUT2D eigenvalue weighted by molar-refractivity contribution is 0.0475. The first-order valence-corrected chi connectivity index (χ1v) is 10.5. The molecule has 4 rings (SSSR count). The number of fused-ring (bicyclic) bond motifs is 1. The van der Waals surface area contributed by atoms with Crippen molar-refractivity contribution in [2.24, 2.45) is 0 Å². The highest BCUT2D eigenvalue weighted by molar-refractivity contribution is 6.22. The Hall–Kier alpha value is -2.99. The lowest BCUT2D eigenvalue weighted by atomic mass is 10.0. The van der Waals surface area contributed by atoms with Crippen LogP contribution in [0, 0.1) is 0 Å². The van der Waals surface area contributed by atoms with Gasteiger partial charge in [0.25, 0.3) is 17.7 Å². The summed E-state index contributed by atoms with van der Waals surface area (Å²) in [5.74, 6) is -0.901. The van der Waals surface area contributed by atoms with Crippen LogP contribution in [0.4, 0.5) is 0 Å². The number of aryl methyl sites for hydroxylation is 1. The molecule has 2 unspecified atom stereocenters. The van der Waals surface area contributed by atoms with Gasteiger partial charge in [0.2, 0.25) is 0 Å². The van der Waals surface area contributed by atoms with E-state index in [2.05, 4.69) is 17.4 Å². The Morgan fingerprint density at radius 1 is 1.13 bits per heavy atom. The number of nitrogens with one attached hydrogen (secondary N) is 1. The van der Waals surface area contributed by atoms with Crippen molar-refractivity contribution in [3.8, 4) is 0 Å². The van der Waals surface area contributed by atoms with Crippen molar-refractivity contribution < 1.29 is 19.1 Å². The van der Waals surface area contributed by atoms with Gasteiger partial charge in [-0.2, -0.15) is 0 Å². The summed E-state index contributed by atoms with van der Waals surface area (Å²) in [4.78, 5) is 39.3. The number of imide groups is 1. The van der Waals surface area contributed by atoms with Crippen molar-refractivity contribution >= 4 is 17.7 Å². The smallest absolute Gasteiger partial charge is 0.261 e. The lowest BCUT2D eigenvalue weighted by Crippen LogP contribution is -2.36. The molecule has 0 aliphatic carbocycles. The Morgan fingerprint density at radius 2 is 1.90 bits per heavy atom. The molecule has 30 heavy (non-hydrogen) atoms. The van der Waals surface area contributed by atoms with Crippen molar-refractivity contribution in [1.82, 2.24) is 10.2 Å². The molecule has 6 nitrogen and oxygen atoms in total. The second-order valence-corrected chi connectivity index (χ2v) is 8.02. The van der Waals surface area contributed by atoms with Crippen molar-refractivity contribution in [1.29, 1.82) is 0 Å². The SMILES string of the molecule is CC(CCc1ccccc1)NC(=O)c1ccc2c(c1)C(=O)N(CC1CCCO1)C2=O. The molecule has 1 fully saturated rings. The number of carbonyl (C=O) groups is 3. The summed E-state index contributed by atoms with van der Waals surface area (Å²) in [6.45, 7) is 2.90. The second kappa shape index (κ2) is 8.79. The fourth-order valence-electron chi connectivity index (χ4n) is 4.00. The standard InChI is InChI=1S/C24H26N2O4/c1-16(9-10-17-6-3-2-4-7-17)25-22(27)18-11-12-20-21(14-18)24(29)26(23(20)28)15-19-8-5-13-30-19/h2-4,6-7,11-12,14,16,19H,5,8-10,13,15H2,1H3,(H,25,27). The number of rotatable bonds is 7. The van der Waals surface area contributed by atoms with Crippen LogP contribution in [0.2, 0.25) is 0 Å². The normalized spacial score (nSPS) is 19.1. The predicted molar refractivity (Wildman–Crippen MR) is 112 cm³/mol. The molecule has 1 saturated heterocycles. The molecule has 2 heterocycles. The quantitative estimate of drug-likeness (QED) is 0.717. The number of hydrogen-bond acceptors (Lipinski definition) is 4. The van der Waals surface area contributed by atoms with E-state index >= 15 is 0 Å². The fourth-order valence-corrected chi connectivity index (χ4v) is 4.00. The third kappa shape index (κ3) is 4.28. The molecule has 6 heteroatoms. The molecule has 1 N–H and O–H groups in total. The highest BCUT2D eigenvalue weighted by atomic mass is 16.5. The van der Waals surface area contributed by atoms with Gasteiger partial charge in [0.15, 0.2) is 0 Å². The Morgan fingerprint density at radius 3 is 2.63 bits per heavy atom. The molecule has 2 aromatic rings. The van der Waals surface area contributed by atoms with Gasteiger partial charge in [0, 0.05) is 18.2 Å². The number of amides is 3. The fraction of sp³-hybridized carbons (Fsp3) is 0.375. The monoisotopic (exact) mass is 406 g/mol. The summed E-state index contributed by atoms with van der Waals surface area (Å²) in [5.41, 5.74) is 2.27. The maximum atomic E-state index is 12.8. The average Bonchev–Trinajstić information content (AvgIpc) is 3.36. The van der Waals surface area contributed by atoms with Gasteiger partial charge in [-0.15, -0.1) is 0 Å². The van der Waals surface area contributed by atoms with E-state index < -0.39 is 0 Å². The van der Waals surface area contributed by atoms with Crippen LogP contribution in [-0.4, -0.2) is 47.9 Å². The Labute approximate surface area is 176 Å². The van der Waals surface area contributed by atoms with E-state index in [0.29, 0.717) is 23.3 Å². The molecule has 0 bridgehead atoms. The minimum absolute atomic E-state index is 0.0145. The van der Waals surface area contributed by atoms with Gasteiger partial charge in [-0.3, -0.25) is 19.3 Å². The zero-order chi connectivity index (χ0) is 21.1. The molecule has 156 valence electrons. The maximum absolute atomic E-state index is 12.8. The Balaban J connectivity index is 1.39. The molecule has 0 saturated carbocycles. The topological polar surface area (TPSA) is 75.7 Å². The molecule has 3 amide bonds. The molecular weight excluding hydrogens is 380 g/mol. The summed E-state index contributed by atoms with van der Waals surface area (Å²) in [7, 11) is 0. The van der Waals surface area contributed by atoms with Crippen molar-refractivity contribution in [2.45, 2.75) is 44.8 Å². The van der Waals surface area contributed by atoms with E-state index in [1.54, 1.807) is 12.1 Å². The molecule has 2 aromatic carbocycles. The zero-order valence-electron chi connectivity index (χ0n) is 17.1. The largest absolute Gasteiger partial charge is 0.376 e. The number of hydrogen-bond donors (Lipinski definition) is 1. The molecule has 0 spiro atoms. The number of benzene rings is 2. The van der Waals surface area contributed by atoms with Crippen LogP contribution < -0.4 is 5.32 Å². The number of ether oxygens (including phenoxy) is 1. The summed E-state index contributed by atoms with van der Waals surface area (Å²) < 4.78 is 5.56. The molecule has 2 aliphatic heterocycles. The summed E-state index contributed by atoms with van der Waals surface area (Å²) in [5, 5.41) is 2.98. The van der Waals surface area contributed by atoms with E-state index in [1.807, 2.05) is 25.1 Å². The van der Waals surface area contributed by atoms with Crippen LogP contribution in [0.1, 0.15) is 62.8 Å². The minimum Gasteiger partial charge on any atom is -0.376 e. The zero-order valence-corrected chi connectivity index (χ0v) is 17.1. The lowest BCUT2D eigenvalue weighted by Gasteiger charge is -2.17.